The fourth-order valence-corrected chi connectivity index (χ4v) is 1.84. The zero-order valence-electron chi connectivity index (χ0n) is 8.17. The van der Waals surface area contributed by atoms with Gasteiger partial charge in [0.15, 0.2) is 0 Å². The molecule has 0 fully saturated rings. The van der Waals surface area contributed by atoms with Gasteiger partial charge >= 0.3 is 0 Å². The number of H-pyrrole nitrogens is 1. The third kappa shape index (κ3) is 1.27. The monoisotopic (exact) mass is 184 g/mol. The van der Waals surface area contributed by atoms with E-state index >= 15 is 0 Å². The molecule has 70 valence electrons. The van der Waals surface area contributed by atoms with Crippen LogP contribution in [-0.4, -0.2) is 4.98 Å². The molecular formula is C12H12N2. The second-order valence-corrected chi connectivity index (χ2v) is 3.32. The molecule has 1 aromatic heterocycles. The van der Waals surface area contributed by atoms with Crippen LogP contribution in [0.1, 0.15) is 18.2 Å². The van der Waals surface area contributed by atoms with E-state index in [1.165, 1.54) is 11.1 Å². The van der Waals surface area contributed by atoms with Crippen LogP contribution in [0.3, 0.4) is 0 Å². The molecule has 0 bridgehead atoms. The molecule has 0 saturated heterocycles. The van der Waals surface area contributed by atoms with E-state index in [4.69, 9.17) is 5.26 Å². The number of aromatic nitrogens is 1. The summed E-state index contributed by atoms with van der Waals surface area (Å²) in [6, 6.07) is 10.4. The third-order valence-electron chi connectivity index (χ3n) is 2.51. The zero-order valence-corrected chi connectivity index (χ0v) is 8.17. The number of nitriles is 1. The van der Waals surface area contributed by atoms with Crippen LogP contribution >= 0.6 is 0 Å². The quantitative estimate of drug-likeness (QED) is 0.765. The Hall–Kier alpha value is -1.75. The third-order valence-corrected chi connectivity index (χ3v) is 2.51. The van der Waals surface area contributed by atoms with Crippen LogP contribution < -0.4 is 0 Å². The van der Waals surface area contributed by atoms with E-state index in [1.54, 1.807) is 0 Å². The van der Waals surface area contributed by atoms with Crippen LogP contribution in [-0.2, 0) is 12.8 Å². The number of rotatable bonds is 2. The lowest BCUT2D eigenvalue weighted by atomic mass is 10.1. The standard InChI is InChI=1S/C12H12N2/c1-2-11-10(7-8-13)9-5-3-4-6-12(9)14-11/h3-6,14H,2,7H2,1H3. The minimum Gasteiger partial charge on any atom is -0.358 e. The maximum Gasteiger partial charge on any atom is 0.0670 e. The van der Waals surface area contributed by atoms with Crippen molar-refractivity contribution in [3.05, 3.63) is 35.5 Å². The lowest BCUT2D eigenvalue weighted by molar-refractivity contribution is 1.04. The average molecular weight is 184 g/mol. The molecular weight excluding hydrogens is 172 g/mol. The smallest absolute Gasteiger partial charge is 0.0670 e. The summed E-state index contributed by atoms with van der Waals surface area (Å²) in [5.41, 5.74) is 3.48. The molecule has 0 radical (unpaired) electrons. The van der Waals surface area contributed by atoms with Crippen LogP contribution in [0, 0.1) is 11.3 Å². The fraction of sp³-hybridized carbons (Fsp3) is 0.250. The Balaban J connectivity index is 2.69. The van der Waals surface area contributed by atoms with Gasteiger partial charge in [0.1, 0.15) is 0 Å². The first-order valence-corrected chi connectivity index (χ1v) is 4.82. The van der Waals surface area contributed by atoms with Crippen molar-refractivity contribution in [2.24, 2.45) is 0 Å². The highest BCUT2D eigenvalue weighted by molar-refractivity contribution is 5.84. The average Bonchev–Trinajstić information content (AvgIpc) is 2.58. The molecule has 0 aliphatic rings. The maximum absolute atomic E-state index is 8.75. The molecule has 0 atom stereocenters. The molecule has 0 aliphatic heterocycles. The number of benzene rings is 1. The van der Waals surface area contributed by atoms with Crippen molar-refractivity contribution in [2.45, 2.75) is 19.8 Å². The van der Waals surface area contributed by atoms with E-state index in [9.17, 15) is 0 Å². The van der Waals surface area contributed by atoms with Gasteiger partial charge in [-0.3, -0.25) is 0 Å². The summed E-state index contributed by atoms with van der Waals surface area (Å²) in [6.45, 7) is 2.10. The topological polar surface area (TPSA) is 39.6 Å². The van der Waals surface area contributed by atoms with Crippen LogP contribution in [0.2, 0.25) is 0 Å². The van der Waals surface area contributed by atoms with Gasteiger partial charge in [-0.05, 0) is 18.1 Å². The summed E-state index contributed by atoms with van der Waals surface area (Å²) in [5, 5.41) is 9.94. The number of nitrogens with zero attached hydrogens (tertiary/aromatic N) is 1. The van der Waals surface area contributed by atoms with Crippen molar-refractivity contribution in [1.29, 1.82) is 5.26 Å². The Morgan fingerprint density at radius 1 is 1.36 bits per heavy atom. The van der Waals surface area contributed by atoms with Crippen molar-refractivity contribution in [2.75, 3.05) is 0 Å². The van der Waals surface area contributed by atoms with Crippen molar-refractivity contribution >= 4 is 10.9 Å². The highest BCUT2D eigenvalue weighted by atomic mass is 14.7. The number of aryl methyl sites for hydroxylation is 1. The van der Waals surface area contributed by atoms with E-state index < -0.39 is 0 Å². The molecule has 0 unspecified atom stereocenters. The molecule has 0 spiro atoms. The Kier molecular flexibility index (Phi) is 2.24. The van der Waals surface area contributed by atoms with Crippen LogP contribution in [0.15, 0.2) is 24.3 Å². The molecule has 1 aromatic carbocycles. The molecule has 0 aliphatic carbocycles. The molecule has 14 heavy (non-hydrogen) atoms. The van der Waals surface area contributed by atoms with E-state index in [0.717, 1.165) is 17.5 Å². The molecule has 0 saturated carbocycles. The zero-order chi connectivity index (χ0) is 9.97. The summed E-state index contributed by atoms with van der Waals surface area (Å²) in [7, 11) is 0. The van der Waals surface area contributed by atoms with Gasteiger partial charge in [-0.1, -0.05) is 25.1 Å². The van der Waals surface area contributed by atoms with Crippen molar-refractivity contribution in [3.8, 4) is 6.07 Å². The highest BCUT2D eigenvalue weighted by Gasteiger charge is 2.08. The molecule has 1 N–H and O–H groups in total. The summed E-state index contributed by atoms with van der Waals surface area (Å²) >= 11 is 0. The minimum atomic E-state index is 0.493. The minimum absolute atomic E-state index is 0.493. The first-order chi connectivity index (χ1) is 6.86. The Morgan fingerprint density at radius 3 is 2.86 bits per heavy atom. The summed E-state index contributed by atoms with van der Waals surface area (Å²) < 4.78 is 0. The van der Waals surface area contributed by atoms with Crippen LogP contribution in [0.4, 0.5) is 0 Å². The number of fused-ring (bicyclic) bond motifs is 1. The Morgan fingerprint density at radius 2 is 2.14 bits per heavy atom. The van der Waals surface area contributed by atoms with Crippen molar-refractivity contribution < 1.29 is 0 Å². The SMILES string of the molecule is CCc1[nH]c2ccccc2c1CC#N. The fourth-order valence-electron chi connectivity index (χ4n) is 1.84. The van der Waals surface area contributed by atoms with Gasteiger partial charge in [-0.25, -0.2) is 0 Å². The highest BCUT2D eigenvalue weighted by Crippen LogP contribution is 2.22. The van der Waals surface area contributed by atoms with E-state index in [1.807, 2.05) is 12.1 Å². The van der Waals surface area contributed by atoms with Crippen LogP contribution in [0.25, 0.3) is 10.9 Å². The number of hydrogen-bond donors (Lipinski definition) is 1. The van der Waals surface area contributed by atoms with Crippen molar-refractivity contribution in [3.63, 3.8) is 0 Å². The number of hydrogen-bond acceptors (Lipinski definition) is 1. The van der Waals surface area contributed by atoms with Gasteiger partial charge in [0.25, 0.3) is 0 Å². The predicted molar refractivity (Wildman–Crippen MR) is 57.0 cm³/mol. The maximum atomic E-state index is 8.75. The van der Waals surface area contributed by atoms with Gasteiger partial charge in [-0.2, -0.15) is 5.26 Å². The van der Waals surface area contributed by atoms with E-state index in [0.29, 0.717) is 6.42 Å². The second-order valence-electron chi connectivity index (χ2n) is 3.32. The molecule has 2 heteroatoms. The van der Waals surface area contributed by atoms with E-state index in [2.05, 4.69) is 30.1 Å². The predicted octanol–water partition coefficient (Wildman–Crippen LogP) is 2.80. The second kappa shape index (κ2) is 3.55. The molecule has 0 amide bonds. The first kappa shape index (κ1) is 8.83. The summed E-state index contributed by atoms with van der Waals surface area (Å²) in [6.07, 6.45) is 1.44. The number of para-hydroxylation sites is 1. The lowest BCUT2D eigenvalue weighted by Crippen LogP contribution is -1.87. The van der Waals surface area contributed by atoms with Gasteiger partial charge in [0.2, 0.25) is 0 Å². The Labute approximate surface area is 83.2 Å². The van der Waals surface area contributed by atoms with Gasteiger partial charge in [0.05, 0.1) is 12.5 Å². The van der Waals surface area contributed by atoms with Crippen LogP contribution in [0.5, 0.6) is 0 Å². The van der Waals surface area contributed by atoms with E-state index in [-0.39, 0.29) is 0 Å². The number of aromatic amines is 1. The molecule has 2 nitrogen and oxygen atoms in total. The first-order valence-electron chi connectivity index (χ1n) is 4.82. The van der Waals surface area contributed by atoms with Crippen molar-refractivity contribution in [1.82, 2.24) is 4.98 Å². The molecule has 1 heterocycles. The molecule has 2 aromatic rings. The number of nitrogens with one attached hydrogen (secondary N) is 1. The van der Waals surface area contributed by atoms with Gasteiger partial charge in [0, 0.05) is 16.6 Å². The van der Waals surface area contributed by atoms with Gasteiger partial charge in [-0.15, -0.1) is 0 Å². The Bertz CT molecular complexity index is 488. The largest absolute Gasteiger partial charge is 0.358 e. The normalized spacial score (nSPS) is 10.3. The van der Waals surface area contributed by atoms with Gasteiger partial charge < -0.3 is 4.98 Å². The summed E-state index contributed by atoms with van der Waals surface area (Å²) in [5.74, 6) is 0. The molecule has 2 rings (SSSR count). The lowest BCUT2D eigenvalue weighted by Gasteiger charge is -1.95. The summed E-state index contributed by atoms with van der Waals surface area (Å²) in [4.78, 5) is 3.35.